The average Bonchev–Trinajstić information content (AvgIpc) is 2.90. The molecule has 0 saturated heterocycles. The molecule has 0 amide bonds. The number of carbonyl (C=O) groups is 1. The van der Waals surface area contributed by atoms with Crippen molar-refractivity contribution in [1.29, 1.82) is 0 Å². The molecule has 1 saturated carbocycles. The van der Waals surface area contributed by atoms with Gasteiger partial charge in [0.25, 0.3) is 0 Å². The van der Waals surface area contributed by atoms with E-state index in [1.165, 1.54) is 6.07 Å². The SMILES string of the molecule is CC(=O)C1(c2ccc(F)c(Br)c2)CC1. The van der Waals surface area contributed by atoms with Gasteiger partial charge in [0.1, 0.15) is 11.6 Å². The van der Waals surface area contributed by atoms with E-state index in [1.807, 2.05) is 0 Å². The van der Waals surface area contributed by atoms with Crippen molar-refractivity contribution in [2.75, 3.05) is 0 Å². The van der Waals surface area contributed by atoms with Gasteiger partial charge in [-0.25, -0.2) is 4.39 Å². The van der Waals surface area contributed by atoms with Gasteiger partial charge in [0.2, 0.25) is 0 Å². The number of hydrogen-bond acceptors (Lipinski definition) is 1. The van der Waals surface area contributed by atoms with Crippen molar-refractivity contribution < 1.29 is 9.18 Å². The number of rotatable bonds is 2. The molecule has 3 heteroatoms. The van der Waals surface area contributed by atoms with Gasteiger partial charge in [0.15, 0.2) is 0 Å². The van der Waals surface area contributed by atoms with Gasteiger partial charge in [0.05, 0.1) is 9.89 Å². The highest BCUT2D eigenvalue weighted by Gasteiger charge is 2.48. The zero-order chi connectivity index (χ0) is 10.3. The Kier molecular flexibility index (Phi) is 2.22. The van der Waals surface area contributed by atoms with Crippen molar-refractivity contribution in [3.8, 4) is 0 Å². The maximum Gasteiger partial charge on any atom is 0.140 e. The fraction of sp³-hybridized carbons (Fsp3) is 0.364. The molecule has 0 radical (unpaired) electrons. The Morgan fingerprint density at radius 3 is 2.57 bits per heavy atom. The zero-order valence-electron chi connectivity index (χ0n) is 7.81. The van der Waals surface area contributed by atoms with Gasteiger partial charge in [-0.3, -0.25) is 4.79 Å². The van der Waals surface area contributed by atoms with E-state index in [0.717, 1.165) is 18.4 Å². The molecule has 0 spiro atoms. The van der Waals surface area contributed by atoms with Gasteiger partial charge in [0, 0.05) is 0 Å². The Morgan fingerprint density at radius 2 is 2.14 bits per heavy atom. The topological polar surface area (TPSA) is 17.1 Å². The smallest absolute Gasteiger partial charge is 0.140 e. The standard InChI is InChI=1S/C11H10BrFO/c1-7(14)11(4-5-11)8-2-3-10(13)9(12)6-8/h2-3,6H,4-5H2,1H3. The summed E-state index contributed by atoms with van der Waals surface area (Å²) in [5, 5.41) is 0. The monoisotopic (exact) mass is 256 g/mol. The van der Waals surface area contributed by atoms with Gasteiger partial charge in [-0.1, -0.05) is 6.07 Å². The van der Waals surface area contributed by atoms with Crippen LogP contribution in [0.1, 0.15) is 25.3 Å². The van der Waals surface area contributed by atoms with E-state index in [0.29, 0.717) is 4.47 Å². The molecular weight excluding hydrogens is 247 g/mol. The molecule has 1 nitrogen and oxygen atoms in total. The van der Waals surface area contributed by atoms with E-state index < -0.39 is 0 Å². The van der Waals surface area contributed by atoms with Crippen LogP contribution in [0.25, 0.3) is 0 Å². The van der Waals surface area contributed by atoms with Gasteiger partial charge >= 0.3 is 0 Å². The van der Waals surface area contributed by atoms with Crippen molar-refractivity contribution in [3.05, 3.63) is 34.1 Å². The summed E-state index contributed by atoms with van der Waals surface area (Å²) < 4.78 is 13.4. The molecule has 14 heavy (non-hydrogen) atoms. The third-order valence-corrected chi connectivity index (χ3v) is 3.50. The minimum absolute atomic E-state index is 0.177. The van der Waals surface area contributed by atoms with Crippen molar-refractivity contribution in [2.45, 2.75) is 25.2 Å². The summed E-state index contributed by atoms with van der Waals surface area (Å²) in [5.41, 5.74) is 0.620. The predicted octanol–water partition coefficient (Wildman–Crippen LogP) is 3.21. The predicted molar refractivity (Wildman–Crippen MR) is 55.7 cm³/mol. The number of benzene rings is 1. The second kappa shape index (κ2) is 3.16. The van der Waals surface area contributed by atoms with Crippen LogP contribution in [-0.2, 0) is 10.2 Å². The lowest BCUT2D eigenvalue weighted by atomic mass is 9.92. The van der Waals surface area contributed by atoms with Crippen LogP contribution in [0.15, 0.2) is 22.7 Å². The summed E-state index contributed by atoms with van der Waals surface area (Å²) in [6, 6.07) is 4.82. The number of Topliss-reactive ketones (excluding diaryl/α,β-unsaturated/α-hetero) is 1. The highest BCUT2D eigenvalue weighted by Crippen LogP contribution is 2.49. The number of carbonyl (C=O) groups excluding carboxylic acids is 1. The molecule has 0 bridgehead atoms. The molecule has 0 unspecified atom stereocenters. The molecule has 1 aliphatic carbocycles. The lowest BCUT2D eigenvalue weighted by Gasteiger charge is -2.11. The molecule has 0 N–H and O–H groups in total. The van der Waals surface area contributed by atoms with Crippen molar-refractivity contribution in [1.82, 2.24) is 0 Å². The minimum atomic E-state index is -0.309. The van der Waals surface area contributed by atoms with Crippen LogP contribution in [-0.4, -0.2) is 5.78 Å². The summed E-state index contributed by atoms with van der Waals surface area (Å²) >= 11 is 3.13. The second-order valence-corrected chi connectivity index (χ2v) is 4.62. The van der Waals surface area contributed by atoms with Crippen LogP contribution < -0.4 is 0 Å². The van der Waals surface area contributed by atoms with E-state index >= 15 is 0 Å². The van der Waals surface area contributed by atoms with E-state index in [-0.39, 0.29) is 17.0 Å². The first kappa shape index (κ1) is 9.84. The van der Waals surface area contributed by atoms with Gasteiger partial charge in [-0.2, -0.15) is 0 Å². The Morgan fingerprint density at radius 1 is 1.50 bits per heavy atom. The molecule has 0 heterocycles. The van der Waals surface area contributed by atoms with Crippen LogP contribution >= 0.6 is 15.9 Å². The van der Waals surface area contributed by atoms with Gasteiger partial charge in [-0.15, -0.1) is 0 Å². The summed E-state index contributed by atoms with van der Waals surface area (Å²) in [6.07, 6.45) is 1.78. The van der Waals surface area contributed by atoms with Crippen LogP contribution in [0, 0.1) is 5.82 Å². The quantitative estimate of drug-likeness (QED) is 0.795. The van der Waals surface area contributed by atoms with E-state index in [2.05, 4.69) is 15.9 Å². The van der Waals surface area contributed by atoms with E-state index in [4.69, 9.17) is 0 Å². The first-order valence-electron chi connectivity index (χ1n) is 4.53. The van der Waals surface area contributed by atoms with Crippen LogP contribution in [0.4, 0.5) is 4.39 Å². The molecule has 74 valence electrons. The highest BCUT2D eigenvalue weighted by atomic mass is 79.9. The third kappa shape index (κ3) is 1.40. The third-order valence-electron chi connectivity index (χ3n) is 2.90. The fourth-order valence-corrected chi connectivity index (χ4v) is 2.14. The molecule has 1 aliphatic rings. The van der Waals surface area contributed by atoms with Crippen molar-refractivity contribution >= 4 is 21.7 Å². The van der Waals surface area contributed by atoms with E-state index in [1.54, 1.807) is 19.1 Å². The molecule has 1 fully saturated rings. The number of ketones is 1. The summed E-state index contributed by atoms with van der Waals surface area (Å²) in [4.78, 5) is 11.4. The molecular formula is C11H10BrFO. The van der Waals surface area contributed by atoms with Crippen LogP contribution in [0.3, 0.4) is 0 Å². The van der Waals surface area contributed by atoms with Crippen molar-refractivity contribution in [3.63, 3.8) is 0 Å². The molecule has 0 aliphatic heterocycles. The van der Waals surface area contributed by atoms with Gasteiger partial charge in [-0.05, 0) is 53.4 Å². The highest BCUT2D eigenvalue weighted by molar-refractivity contribution is 9.10. The lowest BCUT2D eigenvalue weighted by Crippen LogP contribution is -2.16. The Bertz CT molecular complexity index is 396. The fourth-order valence-electron chi connectivity index (χ4n) is 1.76. The van der Waals surface area contributed by atoms with E-state index in [9.17, 15) is 9.18 Å². The lowest BCUT2D eigenvalue weighted by molar-refractivity contribution is -0.119. The summed E-state index contributed by atoms with van der Waals surface area (Å²) in [5.74, 6) is -0.107. The summed E-state index contributed by atoms with van der Waals surface area (Å²) in [6.45, 7) is 1.60. The second-order valence-electron chi connectivity index (χ2n) is 3.77. The zero-order valence-corrected chi connectivity index (χ0v) is 9.40. The average molecular weight is 257 g/mol. The summed E-state index contributed by atoms with van der Waals surface area (Å²) in [7, 11) is 0. The Labute approximate surface area is 90.4 Å². The molecule has 1 aromatic carbocycles. The van der Waals surface area contributed by atoms with Gasteiger partial charge < -0.3 is 0 Å². The van der Waals surface area contributed by atoms with Crippen LogP contribution in [0.5, 0.6) is 0 Å². The maximum absolute atomic E-state index is 13.0. The molecule has 2 rings (SSSR count). The Hall–Kier alpha value is -0.700. The number of halogens is 2. The first-order chi connectivity index (χ1) is 6.56. The molecule has 0 aromatic heterocycles. The molecule has 1 aromatic rings. The number of hydrogen-bond donors (Lipinski definition) is 0. The van der Waals surface area contributed by atoms with Crippen LogP contribution in [0.2, 0.25) is 0 Å². The normalized spacial score (nSPS) is 17.9. The molecule has 0 atom stereocenters. The first-order valence-corrected chi connectivity index (χ1v) is 5.32. The Balaban J connectivity index is 2.43. The maximum atomic E-state index is 13.0. The minimum Gasteiger partial charge on any atom is -0.299 e. The largest absolute Gasteiger partial charge is 0.299 e. The van der Waals surface area contributed by atoms with Crippen molar-refractivity contribution in [2.24, 2.45) is 0 Å².